The van der Waals surface area contributed by atoms with E-state index in [4.69, 9.17) is 0 Å². The zero-order valence-electron chi connectivity index (χ0n) is 9.05. The van der Waals surface area contributed by atoms with Crippen molar-refractivity contribution in [3.63, 3.8) is 0 Å². The third kappa shape index (κ3) is 2.37. The quantitative estimate of drug-likeness (QED) is 0.792. The molecule has 1 N–H and O–H groups in total. The van der Waals surface area contributed by atoms with E-state index in [2.05, 4.69) is 10.3 Å². The van der Waals surface area contributed by atoms with Crippen LogP contribution in [0.3, 0.4) is 0 Å². The van der Waals surface area contributed by atoms with E-state index in [1.165, 1.54) is 12.8 Å². The van der Waals surface area contributed by atoms with E-state index in [0.29, 0.717) is 11.0 Å². The van der Waals surface area contributed by atoms with E-state index < -0.39 is 9.84 Å². The number of amidine groups is 1. The number of hydrogen-bond donors (Lipinski definition) is 1. The number of nitrogens with zero attached hydrogens (tertiary/aromatic N) is 1. The van der Waals surface area contributed by atoms with E-state index in [0.717, 1.165) is 24.1 Å². The molecule has 1 saturated heterocycles. The maximum atomic E-state index is 11.3. The Hall–Kier alpha value is -0.230. The highest BCUT2D eigenvalue weighted by Crippen LogP contribution is 2.41. The number of hydrogen-bond acceptors (Lipinski definition) is 5. The SMILES string of the molecule is O=S1(=O)CCC(NC2=NCC(C3CC3)S2)C1. The van der Waals surface area contributed by atoms with Gasteiger partial charge in [-0.2, -0.15) is 0 Å². The number of nitrogens with one attached hydrogen (secondary N) is 1. The molecule has 16 heavy (non-hydrogen) atoms. The largest absolute Gasteiger partial charge is 0.361 e. The van der Waals surface area contributed by atoms with Gasteiger partial charge in [0.05, 0.1) is 18.1 Å². The van der Waals surface area contributed by atoms with Crippen molar-refractivity contribution in [1.82, 2.24) is 5.32 Å². The summed E-state index contributed by atoms with van der Waals surface area (Å²) in [5, 5.41) is 4.90. The Balaban J connectivity index is 1.52. The van der Waals surface area contributed by atoms with E-state index in [1.807, 2.05) is 11.8 Å². The molecule has 1 aliphatic carbocycles. The van der Waals surface area contributed by atoms with Crippen LogP contribution >= 0.6 is 11.8 Å². The Morgan fingerprint density at radius 1 is 1.31 bits per heavy atom. The molecule has 0 aromatic heterocycles. The van der Waals surface area contributed by atoms with Crippen LogP contribution < -0.4 is 5.32 Å². The molecule has 0 bridgehead atoms. The van der Waals surface area contributed by atoms with Crippen molar-refractivity contribution in [3.05, 3.63) is 0 Å². The minimum absolute atomic E-state index is 0.0919. The van der Waals surface area contributed by atoms with Crippen molar-refractivity contribution in [2.24, 2.45) is 10.9 Å². The second-order valence-electron chi connectivity index (χ2n) is 4.88. The van der Waals surface area contributed by atoms with Crippen LogP contribution in [0.15, 0.2) is 4.99 Å². The molecule has 0 radical (unpaired) electrons. The van der Waals surface area contributed by atoms with Crippen molar-refractivity contribution in [2.45, 2.75) is 30.6 Å². The highest BCUT2D eigenvalue weighted by molar-refractivity contribution is 8.14. The molecule has 4 nitrogen and oxygen atoms in total. The molecule has 1 saturated carbocycles. The van der Waals surface area contributed by atoms with Crippen LogP contribution in [0.4, 0.5) is 0 Å². The third-order valence-corrected chi connectivity index (χ3v) is 6.46. The van der Waals surface area contributed by atoms with Crippen LogP contribution in [0.5, 0.6) is 0 Å². The van der Waals surface area contributed by atoms with Gasteiger partial charge in [-0.3, -0.25) is 4.99 Å². The van der Waals surface area contributed by atoms with Crippen LogP contribution in [0, 0.1) is 5.92 Å². The molecular weight excluding hydrogens is 244 g/mol. The fraction of sp³-hybridized carbons (Fsp3) is 0.900. The van der Waals surface area contributed by atoms with Crippen LogP contribution in [0.25, 0.3) is 0 Å². The van der Waals surface area contributed by atoms with Gasteiger partial charge in [0.1, 0.15) is 0 Å². The highest BCUT2D eigenvalue weighted by atomic mass is 32.2. The normalized spacial score (nSPS) is 37.4. The Morgan fingerprint density at radius 3 is 2.75 bits per heavy atom. The number of rotatable bonds is 2. The first-order valence-electron chi connectivity index (χ1n) is 5.80. The van der Waals surface area contributed by atoms with E-state index >= 15 is 0 Å². The molecule has 3 rings (SSSR count). The molecule has 3 aliphatic rings. The lowest BCUT2D eigenvalue weighted by Crippen LogP contribution is -2.33. The van der Waals surface area contributed by atoms with Gasteiger partial charge >= 0.3 is 0 Å². The van der Waals surface area contributed by atoms with Crippen LogP contribution in [-0.2, 0) is 9.84 Å². The van der Waals surface area contributed by atoms with Gasteiger partial charge in [-0.25, -0.2) is 8.42 Å². The van der Waals surface area contributed by atoms with Crippen LogP contribution in [0.1, 0.15) is 19.3 Å². The Bertz CT molecular complexity index is 415. The van der Waals surface area contributed by atoms with Crippen LogP contribution in [-0.4, -0.2) is 42.9 Å². The van der Waals surface area contributed by atoms with Crippen molar-refractivity contribution >= 4 is 26.8 Å². The molecular formula is C10H16N2O2S2. The maximum absolute atomic E-state index is 11.3. The number of sulfone groups is 1. The number of thioether (sulfide) groups is 1. The fourth-order valence-corrected chi connectivity index (χ4v) is 5.22. The molecule has 2 atom stereocenters. The summed E-state index contributed by atoms with van der Waals surface area (Å²) in [5.41, 5.74) is 0. The lowest BCUT2D eigenvalue weighted by molar-refractivity contribution is 0.600. The van der Waals surface area contributed by atoms with Gasteiger partial charge in [0, 0.05) is 11.3 Å². The fourth-order valence-electron chi connectivity index (χ4n) is 2.27. The molecule has 0 aromatic carbocycles. The average molecular weight is 260 g/mol. The van der Waals surface area contributed by atoms with E-state index in [1.54, 1.807) is 0 Å². The molecule has 2 fully saturated rings. The molecule has 6 heteroatoms. The minimum Gasteiger partial charge on any atom is -0.361 e. The minimum atomic E-state index is -2.78. The van der Waals surface area contributed by atoms with Crippen molar-refractivity contribution in [1.29, 1.82) is 0 Å². The predicted octanol–water partition coefficient (Wildman–Crippen LogP) is 0.645. The summed E-state index contributed by atoms with van der Waals surface area (Å²) >= 11 is 1.81. The summed E-state index contributed by atoms with van der Waals surface area (Å²) in [6.07, 6.45) is 3.42. The summed E-state index contributed by atoms with van der Waals surface area (Å²) in [6, 6.07) is 0.0919. The van der Waals surface area contributed by atoms with Crippen molar-refractivity contribution < 1.29 is 8.42 Å². The standard InChI is InChI=1S/C10H16N2O2S2/c13-16(14)4-3-8(6-16)12-10-11-5-9(15-10)7-1-2-7/h7-9H,1-6H2,(H,11,12). The monoisotopic (exact) mass is 260 g/mol. The van der Waals surface area contributed by atoms with Gasteiger partial charge in [0.15, 0.2) is 15.0 Å². The molecule has 90 valence electrons. The first-order valence-corrected chi connectivity index (χ1v) is 8.50. The van der Waals surface area contributed by atoms with Gasteiger partial charge in [-0.1, -0.05) is 11.8 Å². The molecule has 0 amide bonds. The summed E-state index contributed by atoms with van der Waals surface area (Å²) in [4.78, 5) is 4.46. The van der Waals surface area contributed by atoms with E-state index in [-0.39, 0.29) is 11.8 Å². The van der Waals surface area contributed by atoms with Gasteiger partial charge in [0.25, 0.3) is 0 Å². The Labute approximate surface area is 100 Å². The first kappa shape index (κ1) is 10.9. The second kappa shape index (κ2) is 3.91. The molecule has 0 aromatic rings. The molecule has 2 aliphatic heterocycles. The predicted molar refractivity (Wildman–Crippen MR) is 66.6 cm³/mol. The van der Waals surface area contributed by atoms with Crippen molar-refractivity contribution in [3.8, 4) is 0 Å². The van der Waals surface area contributed by atoms with Crippen molar-refractivity contribution in [2.75, 3.05) is 18.1 Å². The summed E-state index contributed by atoms with van der Waals surface area (Å²) < 4.78 is 22.6. The van der Waals surface area contributed by atoms with E-state index in [9.17, 15) is 8.42 Å². The lowest BCUT2D eigenvalue weighted by Gasteiger charge is -2.12. The second-order valence-corrected chi connectivity index (χ2v) is 8.34. The first-order chi connectivity index (χ1) is 7.62. The zero-order chi connectivity index (χ0) is 11.2. The van der Waals surface area contributed by atoms with Gasteiger partial charge in [-0.15, -0.1) is 0 Å². The number of aliphatic imine (C=N–C) groups is 1. The van der Waals surface area contributed by atoms with Gasteiger partial charge in [-0.05, 0) is 25.2 Å². The van der Waals surface area contributed by atoms with Gasteiger partial charge in [0.2, 0.25) is 0 Å². The Morgan fingerprint density at radius 2 is 2.12 bits per heavy atom. The zero-order valence-corrected chi connectivity index (χ0v) is 10.7. The van der Waals surface area contributed by atoms with Gasteiger partial charge < -0.3 is 5.32 Å². The highest BCUT2D eigenvalue weighted by Gasteiger charge is 2.36. The molecule has 2 unspecified atom stereocenters. The maximum Gasteiger partial charge on any atom is 0.157 e. The smallest absolute Gasteiger partial charge is 0.157 e. The summed E-state index contributed by atoms with van der Waals surface area (Å²) in [5.74, 6) is 1.47. The Kier molecular flexibility index (Phi) is 2.66. The average Bonchev–Trinajstić information content (AvgIpc) is 2.88. The summed E-state index contributed by atoms with van der Waals surface area (Å²) in [6.45, 7) is 0.914. The topological polar surface area (TPSA) is 58.5 Å². The van der Waals surface area contributed by atoms with Crippen LogP contribution in [0.2, 0.25) is 0 Å². The summed E-state index contributed by atoms with van der Waals surface area (Å²) in [7, 11) is -2.78. The molecule has 2 heterocycles. The molecule has 0 spiro atoms. The third-order valence-electron chi connectivity index (χ3n) is 3.39. The lowest BCUT2D eigenvalue weighted by atomic mass is 10.3.